The van der Waals surface area contributed by atoms with E-state index in [1.54, 1.807) is 0 Å². The Labute approximate surface area is 104 Å². The number of nitrogens with zero attached hydrogens (tertiary/aromatic N) is 1. The van der Waals surface area contributed by atoms with Crippen molar-refractivity contribution in [3.05, 3.63) is 16.1 Å². The number of carboxylic acids is 1. The van der Waals surface area contributed by atoms with E-state index >= 15 is 0 Å². The first-order valence-corrected chi connectivity index (χ1v) is 5.34. The Bertz CT molecular complexity index is 336. The monoisotopic (exact) mass is 219 g/mol. The molecule has 1 aliphatic rings. The van der Waals surface area contributed by atoms with Crippen molar-refractivity contribution < 1.29 is 33.5 Å². The molecule has 0 radical (unpaired) electrons. The number of carbonyl (C=O) groups excluding carboxylic acids is 1. The van der Waals surface area contributed by atoms with E-state index in [1.165, 1.54) is 17.5 Å². The van der Waals surface area contributed by atoms with Crippen LogP contribution >= 0.6 is 11.3 Å². The normalized spacial score (nSPS) is 17.1. The molecular weight excluding hydrogens is 209 g/mol. The second-order valence-electron chi connectivity index (χ2n) is 3.24. The van der Waals surface area contributed by atoms with Gasteiger partial charge in [-0.1, -0.05) is 0 Å². The van der Waals surface area contributed by atoms with E-state index in [1.807, 2.05) is 0 Å². The molecule has 0 bridgehead atoms. The quantitative estimate of drug-likeness (QED) is 0.512. The van der Waals surface area contributed by atoms with Gasteiger partial charge in [-0.2, -0.15) is 0 Å². The van der Waals surface area contributed by atoms with Gasteiger partial charge in [-0.3, -0.25) is 0 Å². The molecule has 6 heteroatoms. The molecule has 1 aliphatic heterocycles. The van der Waals surface area contributed by atoms with Gasteiger partial charge in [0.2, 0.25) is 0 Å². The summed E-state index contributed by atoms with van der Waals surface area (Å²) in [6.45, 7) is 1.48. The molecule has 0 spiro atoms. The van der Waals surface area contributed by atoms with Crippen LogP contribution in [0.2, 0.25) is 0 Å². The van der Waals surface area contributed by atoms with E-state index in [0.717, 1.165) is 31.1 Å². The van der Waals surface area contributed by atoms with Crippen molar-refractivity contribution in [2.75, 3.05) is 13.2 Å². The first kappa shape index (κ1) is 12.7. The van der Waals surface area contributed by atoms with Gasteiger partial charge in [-0.25, -0.2) is 4.98 Å². The summed E-state index contributed by atoms with van der Waals surface area (Å²) in [4.78, 5) is 14.8. The van der Waals surface area contributed by atoms with Gasteiger partial charge in [-0.15, -0.1) is 11.3 Å². The molecule has 0 amide bonds. The van der Waals surface area contributed by atoms with Crippen LogP contribution in [0.15, 0.2) is 6.20 Å². The van der Waals surface area contributed by atoms with Crippen LogP contribution in [0.4, 0.5) is 0 Å². The van der Waals surface area contributed by atoms with Crippen LogP contribution in [0.3, 0.4) is 0 Å². The predicted octanol–water partition coefficient (Wildman–Crippen LogP) is -2.60. The summed E-state index contributed by atoms with van der Waals surface area (Å²) < 4.78 is 5.22. The van der Waals surface area contributed by atoms with E-state index in [-0.39, 0.29) is 23.7 Å². The molecular formula is C9H10LiNO3S. The standard InChI is InChI=1S/C9H11NO3S.Li/c11-9(12)7-5-10-8(14-7)6-1-3-13-4-2-6;/h5-6H,1-4H2,(H,11,12);/q;+1/p-1. The summed E-state index contributed by atoms with van der Waals surface area (Å²) in [7, 11) is 0. The van der Waals surface area contributed by atoms with E-state index in [9.17, 15) is 9.90 Å². The summed E-state index contributed by atoms with van der Waals surface area (Å²) in [5.74, 6) is -0.775. The SMILES string of the molecule is O=C([O-])c1cnc(C2CCOCC2)s1.[Li+]. The largest absolute Gasteiger partial charge is 1.00 e. The van der Waals surface area contributed by atoms with E-state index in [2.05, 4.69) is 4.98 Å². The van der Waals surface area contributed by atoms with Gasteiger partial charge in [0.15, 0.2) is 0 Å². The number of hydrogen-bond acceptors (Lipinski definition) is 5. The third kappa shape index (κ3) is 3.05. The zero-order valence-electron chi connectivity index (χ0n) is 8.56. The first-order chi connectivity index (χ1) is 6.77. The molecule has 76 valence electrons. The average Bonchev–Trinajstić information content (AvgIpc) is 2.68. The van der Waals surface area contributed by atoms with Crippen LogP contribution in [-0.2, 0) is 4.74 Å². The van der Waals surface area contributed by atoms with Crippen LogP contribution in [0, 0.1) is 0 Å². The molecule has 1 aromatic rings. The van der Waals surface area contributed by atoms with Gasteiger partial charge in [0, 0.05) is 25.3 Å². The first-order valence-electron chi connectivity index (χ1n) is 4.52. The van der Waals surface area contributed by atoms with Crippen molar-refractivity contribution in [3.63, 3.8) is 0 Å². The molecule has 0 aromatic carbocycles. The average molecular weight is 219 g/mol. The van der Waals surface area contributed by atoms with Crippen molar-refractivity contribution in [2.24, 2.45) is 0 Å². The summed E-state index contributed by atoms with van der Waals surface area (Å²) in [6, 6.07) is 0. The van der Waals surface area contributed by atoms with Crippen molar-refractivity contribution in [2.45, 2.75) is 18.8 Å². The number of thiazole rings is 1. The van der Waals surface area contributed by atoms with Gasteiger partial charge in [0.1, 0.15) is 0 Å². The van der Waals surface area contributed by atoms with Crippen molar-refractivity contribution in [3.8, 4) is 0 Å². The Hall–Kier alpha value is -0.343. The Kier molecular flexibility index (Phi) is 4.80. The number of aromatic carboxylic acids is 1. The molecule has 4 nitrogen and oxygen atoms in total. The summed E-state index contributed by atoms with van der Waals surface area (Å²) in [5, 5.41) is 11.4. The maximum atomic E-state index is 10.5. The smallest absolute Gasteiger partial charge is 0.544 e. The third-order valence-corrected chi connectivity index (χ3v) is 3.44. The molecule has 1 aromatic heterocycles. The maximum Gasteiger partial charge on any atom is 1.00 e. The van der Waals surface area contributed by atoms with E-state index in [4.69, 9.17) is 4.74 Å². The zero-order chi connectivity index (χ0) is 9.97. The molecule has 0 saturated carbocycles. The molecule has 0 aliphatic carbocycles. The van der Waals surface area contributed by atoms with E-state index < -0.39 is 5.97 Å². The molecule has 0 unspecified atom stereocenters. The Balaban J connectivity index is 0.00000112. The zero-order valence-corrected chi connectivity index (χ0v) is 9.38. The van der Waals surface area contributed by atoms with Gasteiger partial charge < -0.3 is 14.6 Å². The predicted molar refractivity (Wildman–Crippen MR) is 49.2 cm³/mol. The van der Waals surface area contributed by atoms with Gasteiger partial charge in [0.25, 0.3) is 0 Å². The van der Waals surface area contributed by atoms with Gasteiger partial charge in [0.05, 0.1) is 15.9 Å². The van der Waals surface area contributed by atoms with Crippen LogP contribution in [0.25, 0.3) is 0 Å². The molecule has 0 N–H and O–H groups in total. The Morgan fingerprint density at radius 2 is 2.20 bits per heavy atom. The van der Waals surface area contributed by atoms with Crippen LogP contribution in [-0.4, -0.2) is 24.2 Å². The van der Waals surface area contributed by atoms with Crippen LogP contribution in [0.1, 0.15) is 33.4 Å². The fraction of sp³-hybridized carbons (Fsp3) is 0.556. The molecule has 1 fully saturated rings. The second kappa shape index (κ2) is 5.66. The number of rotatable bonds is 2. The van der Waals surface area contributed by atoms with Gasteiger partial charge in [-0.05, 0) is 12.8 Å². The third-order valence-electron chi connectivity index (χ3n) is 2.30. The number of aromatic nitrogens is 1. The van der Waals surface area contributed by atoms with Crippen molar-refractivity contribution in [1.29, 1.82) is 0 Å². The fourth-order valence-electron chi connectivity index (χ4n) is 1.52. The molecule has 1 saturated heterocycles. The van der Waals surface area contributed by atoms with Crippen LogP contribution in [0.5, 0.6) is 0 Å². The number of carboxylic acid groups (broad SMARTS) is 1. The summed E-state index contributed by atoms with van der Waals surface area (Å²) in [5.41, 5.74) is 0. The summed E-state index contributed by atoms with van der Waals surface area (Å²) >= 11 is 1.22. The molecule has 2 heterocycles. The van der Waals surface area contributed by atoms with Crippen LogP contribution < -0.4 is 24.0 Å². The van der Waals surface area contributed by atoms with Gasteiger partial charge >= 0.3 is 18.9 Å². The Morgan fingerprint density at radius 1 is 1.53 bits per heavy atom. The van der Waals surface area contributed by atoms with E-state index in [0.29, 0.717) is 5.92 Å². The summed E-state index contributed by atoms with van der Waals surface area (Å²) in [6.07, 6.45) is 3.24. The molecule has 2 rings (SSSR count). The van der Waals surface area contributed by atoms with Crippen molar-refractivity contribution >= 4 is 17.3 Å². The second-order valence-corrected chi connectivity index (χ2v) is 4.30. The molecule has 0 atom stereocenters. The van der Waals surface area contributed by atoms with Crippen molar-refractivity contribution in [1.82, 2.24) is 4.98 Å². The fourth-order valence-corrected chi connectivity index (χ4v) is 2.44. The minimum atomic E-state index is -1.14. The number of carbonyl (C=O) groups is 1. The maximum absolute atomic E-state index is 10.5. The molecule has 15 heavy (non-hydrogen) atoms. The number of ether oxygens (including phenoxy) is 1. The minimum Gasteiger partial charge on any atom is -0.544 e. The number of hydrogen-bond donors (Lipinski definition) is 0. The Morgan fingerprint density at radius 3 is 2.73 bits per heavy atom. The minimum absolute atomic E-state index is 0. The topological polar surface area (TPSA) is 62.2 Å².